The van der Waals surface area contributed by atoms with Crippen LogP contribution in [0.2, 0.25) is 5.02 Å². The molecule has 21 heavy (non-hydrogen) atoms. The molecule has 2 atom stereocenters. The van der Waals surface area contributed by atoms with Crippen molar-refractivity contribution in [3.05, 3.63) is 23.2 Å². The molecule has 1 aromatic carbocycles. The number of nitrogens with one attached hydrogen (secondary N) is 1. The van der Waals surface area contributed by atoms with Crippen LogP contribution in [0, 0.1) is 5.92 Å². The topological polar surface area (TPSA) is 75.6 Å². The van der Waals surface area contributed by atoms with Crippen LogP contribution in [0.1, 0.15) is 25.7 Å². The zero-order chi connectivity index (χ0) is 15.5. The quantitative estimate of drug-likeness (QED) is 0.866. The van der Waals surface area contributed by atoms with E-state index >= 15 is 0 Å². The number of hydrogen-bond donors (Lipinski definition) is 2. The lowest BCUT2D eigenvalue weighted by Crippen LogP contribution is -2.43. The minimum Gasteiger partial charge on any atom is -0.495 e. The maximum absolute atomic E-state index is 12.4. The Morgan fingerprint density at radius 2 is 2.10 bits per heavy atom. The Morgan fingerprint density at radius 1 is 1.38 bits per heavy atom. The third-order valence-electron chi connectivity index (χ3n) is 3.88. The van der Waals surface area contributed by atoms with E-state index in [0.29, 0.717) is 5.75 Å². The van der Waals surface area contributed by atoms with Crippen molar-refractivity contribution in [1.29, 1.82) is 0 Å². The molecule has 0 saturated heterocycles. The summed E-state index contributed by atoms with van der Waals surface area (Å²) in [5, 5.41) is 9.62. The van der Waals surface area contributed by atoms with E-state index in [2.05, 4.69) is 4.72 Å². The minimum atomic E-state index is -3.65. The van der Waals surface area contributed by atoms with Crippen LogP contribution in [0.3, 0.4) is 0 Å². The number of methoxy groups -OCH3 is 1. The molecule has 1 saturated carbocycles. The Labute approximate surface area is 130 Å². The first-order chi connectivity index (χ1) is 9.97. The fourth-order valence-electron chi connectivity index (χ4n) is 2.66. The summed E-state index contributed by atoms with van der Waals surface area (Å²) in [5.41, 5.74) is 0. The van der Waals surface area contributed by atoms with Crippen molar-refractivity contribution in [3.8, 4) is 5.75 Å². The van der Waals surface area contributed by atoms with Gasteiger partial charge >= 0.3 is 0 Å². The summed E-state index contributed by atoms with van der Waals surface area (Å²) in [7, 11) is -2.18. The minimum absolute atomic E-state index is 0.00342. The second-order valence-electron chi connectivity index (χ2n) is 5.25. The highest BCUT2D eigenvalue weighted by atomic mass is 35.5. The molecule has 0 aromatic heterocycles. The second kappa shape index (κ2) is 6.96. The summed E-state index contributed by atoms with van der Waals surface area (Å²) in [4.78, 5) is 0.107. The Hall–Kier alpha value is -0.820. The summed E-state index contributed by atoms with van der Waals surface area (Å²) in [6.45, 7) is -0.00342. The summed E-state index contributed by atoms with van der Waals surface area (Å²) < 4.78 is 32.5. The largest absolute Gasteiger partial charge is 0.495 e. The molecule has 2 rings (SSSR count). The van der Waals surface area contributed by atoms with Gasteiger partial charge in [0.25, 0.3) is 0 Å². The van der Waals surface area contributed by atoms with Gasteiger partial charge in [0.05, 0.1) is 17.0 Å². The van der Waals surface area contributed by atoms with Crippen molar-refractivity contribution in [2.24, 2.45) is 5.92 Å². The molecule has 1 aliphatic carbocycles. The highest BCUT2D eigenvalue weighted by Gasteiger charge is 2.29. The van der Waals surface area contributed by atoms with Gasteiger partial charge in [0.1, 0.15) is 5.75 Å². The Balaban J connectivity index is 2.19. The number of benzene rings is 1. The zero-order valence-electron chi connectivity index (χ0n) is 11.9. The summed E-state index contributed by atoms with van der Waals surface area (Å²) in [6.07, 6.45) is 3.58. The number of aliphatic hydroxyl groups is 1. The molecular formula is C14H20ClNO4S. The number of rotatable bonds is 5. The van der Waals surface area contributed by atoms with Gasteiger partial charge in [0.2, 0.25) is 10.0 Å². The van der Waals surface area contributed by atoms with Crippen molar-refractivity contribution in [2.45, 2.75) is 36.6 Å². The lowest BCUT2D eigenvalue weighted by molar-refractivity contribution is 0.164. The maximum atomic E-state index is 12.4. The molecule has 0 spiro atoms. The van der Waals surface area contributed by atoms with Gasteiger partial charge < -0.3 is 9.84 Å². The molecule has 5 nitrogen and oxygen atoms in total. The lowest BCUT2D eigenvalue weighted by Gasteiger charge is -2.30. The molecule has 1 aliphatic rings. The van der Waals surface area contributed by atoms with Crippen LogP contribution >= 0.6 is 11.6 Å². The standard InChI is InChI=1S/C14H20ClNO4S/c1-20-14-7-6-11(8-12(14)15)21(18,19)16-13-5-3-2-4-10(13)9-17/h6-8,10,13,16-17H,2-5,9H2,1H3. The zero-order valence-corrected chi connectivity index (χ0v) is 13.5. The fraction of sp³-hybridized carbons (Fsp3) is 0.571. The molecule has 0 bridgehead atoms. The Bertz CT molecular complexity index is 591. The van der Waals surface area contributed by atoms with E-state index in [-0.39, 0.29) is 28.5 Å². The number of aliphatic hydroxyl groups excluding tert-OH is 1. The van der Waals surface area contributed by atoms with Crippen molar-refractivity contribution < 1.29 is 18.3 Å². The second-order valence-corrected chi connectivity index (χ2v) is 7.37. The van der Waals surface area contributed by atoms with Crippen LogP contribution in [-0.2, 0) is 10.0 Å². The van der Waals surface area contributed by atoms with E-state index in [1.165, 1.54) is 25.3 Å². The van der Waals surface area contributed by atoms with Crippen LogP contribution in [-0.4, -0.2) is 33.3 Å². The van der Waals surface area contributed by atoms with Crippen LogP contribution in [0.25, 0.3) is 0 Å². The molecule has 118 valence electrons. The predicted octanol–water partition coefficient (Wildman–Crippen LogP) is 2.18. The van der Waals surface area contributed by atoms with Gasteiger partial charge in [0.15, 0.2) is 0 Å². The van der Waals surface area contributed by atoms with Crippen molar-refractivity contribution in [2.75, 3.05) is 13.7 Å². The monoisotopic (exact) mass is 333 g/mol. The van der Waals surface area contributed by atoms with Crippen LogP contribution in [0.5, 0.6) is 5.75 Å². The normalized spacial score (nSPS) is 23.0. The van der Waals surface area contributed by atoms with E-state index in [1.807, 2.05) is 0 Å². The number of hydrogen-bond acceptors (Lipinski definition) is 4. The van der Waals surface area contributed by atoms with Crippen molar-refractivity contribution >= 4 is 21.6 Å². The SMILES string of the molecule is COc1ccc(S(=O)(=O)NC2CCCCC2CO)cc1Cl. The van der Waals surface area contributed by atoms with Crippen molar-refractivity contribution in [1.82, 2.24) is 4.72 Å². The predicted molar refractivity (Wildman–Crippen MR) is 81.2 cm³/mol. The molecule has 0 amide bonds. The molecule has 1 fully saturated rings. The average Bonchev–Trinajstić information content (AvgIpc) is 2.47. The molecular weight excluding hydrogens is 314 g/mol. The van der Waals surface area contributed by atoms with Gasteiger partial charge in [-0.2, -0.15) is 0 Å². The number of sulfonamides is 1. The van der Waals surface area contributed by atoms with Crippen LogP contribution in [0.15, 0.2) is 23.1 Å². The average molecular weight is 334 g/mol. The lowest BCUT2D eigenvalue weighted by atomic mass is 9.86. The molecule has 0 aliphatic heterocycles. The van der Waals surface area contributed by atoms with Crippen molar-refractivity contribution in [3.63, 3.8) is 0 Å². The molecule has 0 radical (unpaired) electrons. The maximum Gasteiger partial charge on any atom is 0.240 e. The van der Waals surface area contributed by atoms with Gasteiger partial charge in [-0.1, -0.05) is 24.4 Å². The molecule has 7 heteroatoms. The third-order valence-corrected chi connectivity index (χ3v) is 5.67. The number of halogens is 1. The molecule has 2 N–H and O–H groups in total. The Morgan fingerprint density at radius 3 is 2.71 bits per heavy atom. The summed E-state index contributed by atoms with van der Waals surface area (Å²) in [5.74, 6) is 0.406. The first-order valence-corrected chi connectivity index (χ1v) is 8.81. The van der Waals surface area contributed by atoms with E-state index in [0.717, 1.165) is 25.7 Å². The molecule has 0 heterocycles. The third kappa shape index (κ3) is 3.88. The first-order valence-electron chi connectivity index (χ1n) is 6.94. The van der Waals surface area contributed by atoms with Gasteiger partial charge in [0, 0.05) is 12.6 Å². The highest BCUT2D eigenvalue weighted by Crippen LogP contribution is 2.29. The molecule has 2 unspecified atom stereocenters. The van der Waals surface area contributed by atoms with Gasteiger partial charge in [-0.25, -0.2) is 13.1 Å². The van der Waals surface area contributed by atoms with Gasteiger partial charge in [-0.3, -0.25) is 0 Å². The summed E-state index contributed by atoms with van der Waals surface area (Å²) in [6, 6.07) is 4.14. The van der Waals surface area contributed by atoms with E-state index in [9.17, 15) is 13.5 Å². The van der Waals surface area contributed by atoms with E-state index < -0.39 is 10.0 Å². The summed E-state index contributed by atoms with van der Waals surface area (Å²) >= 11 is 5.98. The van der Waals surface area contributed by atoms with E-state index in [4.69, 9.17) is 16.3 Å². The smallest absolute Gasteiger partial charge is 0.240 e. The van der Waals surface area contributed by atoms with Gasteiger partial charge in [-0.15, -0.1) is 0 Å². The van der Waals surface area contributed by atoms with E-state index in [1.54, 1.807) is 0 Å². The van der Waals surface area contributed by atoms with Crippen LogP contribution in [0.4, 0.5) is 0 Å². The number of ether oxygens (including phenoxy) is 1. The Kier molecular flexibility index (Phi) is 5.48. The first kappa shape index (κ1) is 16.5. The molecule has 1 aromatic rings. The van der Waals surface area contributed by atoms with Gasteiger partial charge in [-0.05, 0) is 37.0 Å². The fourth-order valence-corrected chi connectivity index (χ4v) is 4.35. The van der Waals surface area contributed by atoms with Crippen LogP contribution < -0.4 is 9.46 Å². The highest BCUT2D eigenvalue weighted by molar-refractivity contribution is 7.89.